The summed E-state index contributed by atoms with van der Waals surface area (Å²) in [4.78, 5) is 32.0. The number of carbonyl (C=O) groups excluding carboxylic acids is 1. The van der Waals surface area contributed by atoms with Crippen LogP contribution in [-0.4, -0.2) is 61.6 Å². The van der Waals surface area contributed by atoms with Crippen LogP contribution in [0.5, 0.6) is 11.8 Å². The van der Waals surface area contributed by atoms with Crippen molar-refractivity contribution in [2.45, 2.75) is 38.8 Å². The number of aromatic nitrogens is 5. The Morgan fingerprint density at radius 2 is 2.06 bits per heavy atom. The normalized spacial score (nSPS) is 18.5. The van der Waals surface area contributed by atoms with Gasteiger partial charge in [0.05, 0.1) is 13.7 Å². The van der Waals surface area contributed by atoms with E-state index in [4.69, 9.17) is 26.1 Å². The number of amides is 1. The number of ether oxygens (including phenoxy) is 2. The Balaban J connectivity index is 1.45. The fourth-order valence-electron chi connectivity index (χ4n) is 3.99. The lowest BCUT2D eigenvalue weighted by molar-refractivity contribution is -0.131. The van der Waals surface area contributed by atoms with Gasteiger partial charge >= 0.3 is 0 Å². The van der Waals surface area contributed by atoms with E-state index in [0.717, 1.165) is 31.4 Å². The minimum Gasteiger partial charge on any atom is -0.480 e. The fraction of sp³-hybridized carbons (Fsp3) is 0.476. The van der Waals surface area contributed by atoms with Crippen LogP contribution in [0, 0.1) is 5.92 Å². The number of rotatable bonds is 6. The summed E-state index contributed by atoms with van der Waals surface area (Å²) in [6.45, 7) is 3.97. The molecule has 1 amide bonds. The molecule has 3 aromatic rings. The number of likely N-dealkylation sites (tertiary alicyclic amines) is 1. The summed E-state index contributed by atoms with van der Waals surface area (Å²) in [5, 5.41) is 0.406. The topological polar surface area (TPSA) is 95.3 Å². The molecule has 162 valence electrons. The maximum absolute atomic E-state index is 12.3. The zero-order valence-electron chi connectivity index (χ0n) is 17.4. The largest absolute Gasteiger partial charge is 0.480 e. The summed E-state index contributed by atoms with van der Waals surface area (Å²) < 4.78 is 13.3. The molecule has 1 saturated heterocycles. The molecule has 0 aromatic carbocycles. The van der Waals surface area contributed by atoms with Crippen molar-refractivity contribution in [3.63, 3.8) is 0 Å². The van der Waals surface area contributed by atoms with Crippen molar-refractivity contribution in [2.75, 3.05) is 20.2 Å². The average Bonchev–Trinajstić information content (AvgIpc) is 3.40. The van der Waals surface area contributed by atoms with Crippen molar-refractivity contribution in [1.29, 1.82) is 0 Å². The van der Waals surface area contributed by atoms with Gasteiger partial charge in [-0.2, -0.15) is 4.98 Å². The lowest BCUT2D eigenvalue weighted by Crippen LogP contribution is -2.32. The molecular weight excluding hydrogens is 420 g/mol. The molecule has 2 aliphatic rings. The Bertz CT molecular complexity index is 1150. The Morgan fingerprint density at radius 3 is 2.77 bits per heavy atom. The van der Waals surface area contributed by atoms with Gasteiger partial charge in [0.2, 0.25) is 17.7 Å². The van der Waals surface area contributed by atoms with Gasteiger partial charge in [0.25, 0.3) is 0 Å². The molecule has 2 fully saturated rings. The number of pyridine rings is 1. The van der Waals surface area contributed by atoms with Crippen molar-refractivity contribution >= 4 is 28.7 Å². The smallest absolute Gasteiger partial charge is 0.245 e. The van der Waals surface area contributed by atoms with Crippen LogP contribution in [0.3, 0.4) is 0 Å². The molecule has 31 heavy (non-hydrogen) atoms. The summed E-state index contributed by atoms with van der Waals surface area (Å²) in [6, 6.07) is 1.77. The Morgan fingerprint density at radius 1 is 1.23 bits per heavy atom. The van der Waals surface area contributed by atoms with Gasteiger partial charge in [-0.25, -0.2) is 15.0 Å². The monoisotopic (exact) mass is 442 g/mol. The number of hydrogen-bond donors (Lipinski definition) is 0. The van der Waals surface area contributed by atoms with Gasteiger partial charge in [0, 0.05) is 37.2 Å². The lowest BCUT2D eigenvalue weighted by atomic mass is 10.2. The predicted octanol–water partition coefficient (Wildman–Crippen LogP) is 2.96. The van der Waals surface area contributed by atoms with Crippen LogP contribution in [0.2, 0.25) is 5.02 Å². The molecule has 0 radical (unpaired) electrons. The van der Waals surface area contributed by atoms with Crippen LogP contribution in [0.1, 0.15) is 26.2 Å². The van der Waals surface area contributed by atoms with Crippen LogP contribution < -0.4 is 9.47 Å². The molecule has 1 unspecified atom stereocenters. The molecule has 0 N–H and O–H groups in total. The molecule has 0 bridgehead atoms. The number of hydrogen-bond acceptors (Lipinski definition) is 7. The third kappa shape index (κ3) is 3.67. The Kier molecular flexibility index (Phi) is 5.13. The minimum absolute atomic E-state index is 0.104. The highest BCUT2D eigenvalue weighted by Crippen LogP contribution is 2.34. The Labute approximate surface area is 184 Å². The lowest BCUT2D eigenvalue weighted by Gasteiger charge is -2.16. The maximum Gasteiger partial charge on any atom is 0.245 e. The van der Waals surface area contributed by atoms with Crippen molar-refractivity contribution < 1.29 is 14.3 Å². The standard InChI is InChI=1S/C21H23ClN6O3/c1-3-28-17(13-8-15(22)19(30-2)23-9-13)26-16-18(28)24-11-25-20(16)31-14-6-7-27(10-14)21(29)12-4-5-12/h8-9,11-12,14H,3-7,10H2,1-2H3. The number of halogens is 1. The van der Waals surface area contributed by atoms with Crippen LogP contribution >= 0.6 is 11.6 Å². The van der Waals surface area contributed by atoms with Gasteiger partial charge in [0.15, 0.2) is 11.2 Å². The second-order valence-electron chi connectivity index (χ2n) is 7.83. The highest BCUT2D eigenvalue weighted by molar-refractivity contribution is 6.32. The van der Waals surface area contributed by atoms with E-state index in [1.165, 1.54) is 13.4 Å². The number of aryl methyl sites for hydroxylation is 1. The van der Waals surface area contributed by atoms with E-state index in [1.54, 1.807) is 12.3 Å². The number of carbonyl (C=O) groups is 1. The van der Waals surface area contributed by atoms with E-state index in [9.17, 15) is 4.79 Å². The van der Waals surface area contributed by atoms with Gasteiger partial charge in [-0.1, -0.05) is 11.6 Å². The molecule has 5 rings (SSSR count). The van der Waals surface area contributed by atoms with E-state index in [0.29, 0.717) is 46.9 Å². The van der Waals surface area contributed by atoms with Gasteiger partial charge in [-0.05, 0) is 25.8 Å². The van der Waals surface area contributed by atoms with E-state index >= 15 is 0 Å². The minimum atomic E-state index is -0.104. The second-order valence-corrected chi connectivity index (χ2v) is 8.24. The first-order valence-corrected chi connectivity index (χ1v) is 10.8. The number of imidazole rings is 1. The van der Waals surface area contributed by atoms with Crippen molar-refractivity contribution in [2.24, 2.45) is 5.92 Å². The van der Waals surface area contributed by atoms with E-state index in [-0.39, 0.29) is 17.9 Å². The summed E-state index contributed by atoms with van der Waals surface area (Å²) in [5.74, 6) is 1.94. The Hall–Kier alpha value is -2.94. The first-order valence-electron chi connectivity index (χ1n) is 10.5. The highest BCUT2D eigenvalue weighted by atomic mass is 35.5. The molecule has 9 nitrogen and oxygen atoms in total. The second kappa shape index (κ2) is 7.96. The SMILES string of the molecule is CCn1c(-c2cnc(OC)c(Cl)c2)nc2c(OC3CCN(C(=O)C4CC4)C3)ncnc21. The van der Waals surface area contributed by atoms with E-state index in [2.05, 4.69) is 15.0 Å². The highest BCUT2D eigenvalue weighted by Gasteiger charge is 2.37. The predicted molar refractivity (Wildman–Crippen MR) is 114 cm³/mol. The number of nitrogens with zero attached hydrogens (tertiary/aromatic N) is 6. The third-order valence-corrected chi connectivity index (χ3v) is 6.01. The first-order chi connectivity index (χ1) is 15.1. The molecular formula is C21H23ClN6O3. The zero-order valence-corrected chi connectivity index (χ0v) is 18.2. The van der Waals surface area contributed by atoms with Gasteiger partial charge in [-0.15, -0.1) is 0 Å². The average molecular weight is 443 g/mol. The van der Waals surface area contributed by atoms with E-state index in [1.807, 2.05) is 16.4 Å². The molecule has 1 atom stereocenters. The number of methoxy groups -OCH3 is 1. The summed E-state index contributed by atoms with van der Waals surface area (Å²) in [5.41, 5.74) is 2.01. The molecule has 10 heteroatoms. The van der Waals surface area contributed by atoms with E-state index < -0.39 is 0 Å². The van der Waals surface area contributed by atoms with Crippen LogP contribution in [0.4, 0.5) is 0 Å². The van der Waals surface area contributed by atoms with Crippen molar-refractivity contribution in [3.05, 3.63) is 23.6 Å². The molecule has 1 saturated carbocycles. The maximum atomic E-state index is 12.3. The van der Waals surface area contributed by atoms with Crippen molar-refractivity contribution in [3.8, 4) is 23.1 Å². The van der Waals surface area contributed by atoms with Crippen LogP contribution in [-0.2, 0) is 11.3 Å². The quantitative estimate of drug-likeness (QED) is 0.579. The summed E-state index contributed by atoms with van der Waals surface area (Å²) >= 11 is 6.27. The molecule has 1 aliphatic carbocycles. The third-order valence-electron chi connectivity index (χ3n) is 5.74. The van der Waals surface area contributed by atoms with Gasteiger partial charge in [0.1, 0.15) is 23.3 Å². The molecule has 3 aromatic heterocycles. The summed E-state index contributed by atoms with van der Waals surface area (Å²) in [6.07, 6.45) is 5.85. The van der Waals surface area contributed by atoms with Crippen LogP contribution in [0.25, 0.3) is 22.6 Å². The van der Waals surface area contributed by atoms with Gasteiger partial charge < -0.3 is 18.9 Å². The van der Waals surface area contributed by atoms with Crippen molar-refractivity contribution in [1.82, 2.24) is 29.4 Å². The van der Waals surface area contributed by atoms with Gasteiger partial charge in [-0.3, -0.25) is 4.79 Å². The number of fused-ring (bicyclic) bond motifs is 1. The first kappa shape index (κ1) is 20.0. The molecule has 0 spiro atoms. The zero-order chi connectivity index (χ0) is 21.5. The molecule has 4 heterocycles. The fourth-order valence-corrected chi connectivity index (χ4v) is 4.23. The molecule has 1 aliphatic heterocycles. The summed E-state index contributed by atoms with van der Waals surface area (Å²) in [7, 11) is 1.52. The van der Waals surface area contributed by atoms with Crippen LogP contribution in [0.15, 0.2) is 18.6 Å².